The Morgan fingerprint density at radius 2 is 2.03 bits per heavy atom. The highest BCUT2D eigenvalue weighted by atomic mass is 32.2. The van der Waals surface area contributed by atoms with Crippen LogP contribution in [-0.4, -0.2) is 43.0 Å². The molecule has 29 heavy (non-hydrogen) atoms. The molecule has 2 N–H and O–H groups in total. The van der Waals surface area contributed by atoms with Crippen molar-refractivity contribution in [1.29, 1.82) is 0 Å². The van der Waals surface area contributed by atoms with E-state index in [0.717, 1.165) is 0 Å². The van der Waals surface area contributed by atoms with E-state index in [1.807, 2.05) is 0 Å². The van der Waals surface area contributed by atoms with E-state index >= 15 is 0 Å². The van der Waals surface area contributed by atoms with Crippen LogP contribution in [0, 0.1) is 5.82 Å². The minimum absolute atomic E-state index is 0.0886. The molecule has 0 unspecified atom stereocenters. The Hall–Kier alpha value is -3.27. The predicted octanol–water partition coefficient (Wildman–Crippen LogP) is 2.87. The molecular formula is C19H18FN3O5S. The number of aromatic amines is 1. The Morgan fingerprint density at radius 3 is 2.72 bits per heavy atom. The monoisotopic (exact) mass is 419 g/mol. The summed E-state index contributed by atoms with van der Waals surface area (Å²) >= 11 is 0. The molecule has 0 bridgehead atoms. The van der Waals surface area contributed by atoms with Crippen LogP contribution >= 0.6 is 0 Å². The van der Waals surface area contributed by atoms with Crippen molar-refractivity contribution in [1.82, 2.24) is 9.97 Å². The number of rotatable bonds is 7. The molecule has 2 aromatic heterocycles. The third-order valence-corrected chi connectivity index (χ3v) is 5.66. The number of aromatic nitrogens is 2. The molecule has 0 amide bonds. The van der Waals surface area contributed by atoms with Gasteiger partial charge in [-0.3, -0.25) is 9.52 Å². The van der Waals surface area contributed by atoms with Gasteiger partial charge < -0.3 is 9.72 Å². The molecule has 3 aromatic rings. The van der Waals surface area contributed by atoms with Gasteiger partial charge in [0.2, 0.25) is 10.0 Å². The van der Waals surface area contributed by atoms with Crippen LogP contribution in [0.4, 0.5) is 10.1 Å². The fourth-order valence-electron chi connectivity index (χ4n) is 2.84. The lowest BCUT2D eigenvalue weighted by molar-refractivity contribution is 0.0600. The molecule has 0 atom stereocenters. The molecule has 0 spiro atoms. The van der Waals surface area contributed by atoms with Crippen molar-refractivity contribution in [3.8, 4) is 0 Å². The Balaban J connectivity index is 2.03. The summed E-state index contributed by atoms with van der Waals surface area (Å²) < 4.78 is 45.6. The van der Waals surface area contributed by atoms with Crippen LogP contribution in [0.5, 0.6) is 0 Å². The first-order chi connectivity index (χ1) is 13.8. The lowest BCUT2D eigenvalue weighted by Crippen LogP contribution is -2.18. The molecule has 0 saturated heterocycles. The number of halogens is 1. The molecule has 0 radical (unpaired) electrons. The Labute approximate surface area is 166 Å². The van der Waals surface area contributed by atoms with Gasteiger partial charge in [-0.25, -0.2) is 22.6 Å². The number of fused-ring (bicyclic) bond motifs is 1. The second kappa shape index (κ2) is 8.00. The average Bonchev–Trinajstić information content (AvgIpc) is 3.11. The highest BCUT2D eigenvalue weighted by Crippen LogP contribution is 2.26. The summed E-state index contributed by atoms with van der Waals surface area (Å²) in [5, 5.41) is 0.314. The molecule has 0 fully saturated rings. The second-order valence-electron chi connectivity index (χ2n) is 6.23. The largest absolute Gasteiger partial charge is 0.465 e. The number of ether oxygens (including phenoxy) is 1. The molecule has 152 valence electrons. The van der Waals surface area contributed by atoms with Crippen LogP contribution < -0.4 is 4.72 Å². The smallest absolute Gasteiger partial charge is 0.339 e. The van der Waals surface area contributed by atoms with Crippen molar-refractivity contribution in [2.75, 3.05) is 17.6 Å². The first-order valence-corrected chi connectivity index (χ1v) is 10.3. The van der Waals surface area contributed by atoms with Crippen LogP contribution in [0.15, 0.2) is 36.7 Å². The number of carbonyl (C=O) groups is 2. The van der Waals surface area contributed by atoms with Crippen molar-refractivity contribution in [2.24, 2.45) is 0 Å². The number of carbonyl (C=O) groups excluding carboxylic acids is 2. The van der Waals surface area contributed by atoms with Crippen molar-refractivity contribution >= 4 is 38.5 Å². The zero-order valence-corrected chi connectivity index (χ0v) is 16.5. The van der Waals surface area contributed by atoms with Gasteiger partial charge in [0.05, 0.1) is 29.7 Å². The number of methoxy groups -OCH3 is 1. The van der Waals surface area contributed by atoms with Crippen LogP contribution in [0.1, 0.15) is 39.6 Å². The van der Waals surface area contributed by atoms with Crippen molar-refractivity contribution in [2.45, 2.75) is 13.3 Å². The fourth-order valence-corrected chi connectivity index (χ4v) is 3.97. The number of esters is 1. The molecule has 10 heteroatoms. The number of anilines is 1. The Kier molecular flexibility index (Phi) is 5.64. The number of nitrogens with zero attached hydrogens (tertiary/aromatic N) is 1. The number of benzene rings is 1. The van der Waals surface area contributed by atoms with Gasteiger partial charge in [-0.05, 0) is 24.6 Å². The first-order valence-electron chi connectivity index (χ1n) is 8.66. The van der Waals surface area contributed by atoms with Gasteiger partial charge in [0, 0.05) is 23.3 Å². The van der Waals surface area contributed by atoms with E-state index in [4.69, 9.17) is 0 Å². The summed E-state index contributed by atoms with van der Waals surface area (Å²) in [6.45, 7) is 1.68. The van der Waals surface area contributed by atoms with E-state index in [2.05, 4.69) is 19.4 Å². The normalized spacial score (nSPS) is 11.4. The molecule has 0 aliphatic rings. The maximum absolute atomic E-state index is 14.9. The zero-order valence-electron chi connectivity index (χ0n) is 15.7. The number of pyridine rings is 1. The highest BCUT2D eigenvalue weighted by molar-refractivity contribution is 7.92. The fraction of sp³-hybridized carbons (Fsp3) is 0.211. The topological polar surface area (TPSA) is 118 Å². The van der Waals surface area contributed by atoms with Gasteiger partial charge in [-0.15, -0.1) is 0 Å². The number of H-pyrrole nitrogens is 1. The van der Waals surface area contributed by atoms with Crippen molar-refractivity contribution < 1.29 is 27.1 Å². The van der Waals surface area contributed by atoms with E-state index in [1.54, 1.807) is 6.92 Å². The van der Waals surface area contributed by atoms with E-state index in [-0.39, 0.29) is 28.1 Å². The highest BCUT2D eigenvalue weighted by Gasteiger charge is 2.22. The van der Waals surface area contributed by atoms with Crippen molar-refractivity contribution in [3.05, 3.63) is 59.2 Å². The number of ketones is 1. The lowest BCUT2D eigenvalue weighted by atomic mass is 10.0. The first kappa shape index (κ1) is 20.5. The van der Waals surface area contributed by atoms with Gasteiger partial charge >= 0.3 is 5.97 Å². The third kappa shape index (κ3) is 4.11. The molecule has 0 saturated carbocycles. The quantitative estimate of drug-likeness (QED) is 0.449. The molecule has 0 aliphatic heterocycles. The van der Waals surface area contributed by atoms with Gasteiger partial charge in [0.25, 0.3) is 0 Å². The van der Waals surface area contributed by atoms with Crippen molar-refractivity contribution in [3.63, 3.8) is 0 Å². The maximum Gasteiger partial charge on any atom is 0.339 e. The third-order valence-electron chi connectivity index (χ3n) is 4.18. The Bertz CT molecular complexity index is 1200. The summed E-state index contributed by atoms with van der Waals surface area (Å²) in [6, 6.07) is 5.30. The number of hydrogen-bond donors (Lipinski definition) is 2. The van der Waals surface area contributed by atoms with E-state index < -0.39 is 27.6 Å². The number of sulfonamides is 1. The van der Waals surface area contributed by atoms with Gasteiger partial charge in [-0.2, -0.15) is 0 Å². The predicted molar refractivity (Wildman–Crippen MR) is 105 cm³/mol. The maximum atomic E-state index is 14.9. The SMILES string of the molecule is CCCS(=O)(=O)Nc1cccc(C(=O)c2c[nH]c3ncc(C(=O)OC)cc23)c1F. The summed E-state index contributed by atoms with van der Waals surface area (Å²) in [5.74, 6) is -2.47. The minimum atomic E-state index is -3.73. The second-order valence-corrected chi connectivity index (χ2v) is 8.07. The minimum Gasteiger partial charge on any atom is -0.465 e. The molecule has 2 heterocycles. The van der Waals surface area contributed by atoms with E-state index in [1.165, 1.54) is 43.8 Å². The summed E-state index contributed by atoms with van der Waals surface area (Å²) in [6.07, 6.45) is 3.01. The van der Waals surface area contributed by atoms with Crippen LogP contribution in [-0.2, 0) is 14.8 Å². The number of nitrogens with one attached hydrogen (secondary N) is 2. The molecule has 1 aromatic carbocycles. The van der Waals surface area contributed by atoms with E-state index in [0.29, 0.717) is 17.5 Å². The molecule has 0 aliphatic carbocycles. The van der Waals surface area contributed by atoms with E-state index in [9.17, 15) is 22.4 Å². The molecule has 3 rings (SSSR count). The molecular weight excluding hydrogens is 401 g/mol. The van der Waals surface area contributed by atoms with Gasteiger partial charge in [0.15, 0.2) is 11.6 Å². The van der Waals surface area contributed by atoms with Crippen LogP contribution in [0.3, 0.4) is 0 Å². The summed E-state index contributed by atoms with van der Waals surface area (Å²) in [4.78, 5) is 31.5. The number of hydrogen-bond acceptors (Lipinski definition) is 6. The zero-order chi connectivity index (χ0) is 21.2. The summed E-state index contributed by atoms with van der Waals surface area (Å²) in [7, 11) is -2.51. The average molecular weight is 419 g/mol. The molecule has 8 nitrogen and oxygen atoms in total. The lowest BCUT2D eigenvalue weighted by Gasteiger charge is -2.10. The van der Waals surface area contributed by atoms with Crippen LogP contribution in [0.25, 0.3) is 11.0 Å². The summed E-state index contributed by atoms with van der Waals surface area (Å²) in [5.41, 5.74) is -0.0642. The van der Waals surface area contributed by atoms with Gasteiger partial charge in [0.1, 0.15) is 5.65 Å². The van der Waals surface area contributed by atoms with Gasteiger partial charge in [-0.1, -0.05) is 13.0 Å². The van der Waals surface area contributed by atoms with Crippen LogP contribution in [0.2, 0.25) is 0 Å². The Morgan fingerprint density at radius 1 is 1.28 bits per heavy atom. The standard InChI is InChI=1S/C19H18FN3O5S/c1-3-7-29(26,27)23-15-6-4-5-12(16(15)20)17(24)14-10-22-18-13(14)8-11(9-21-18)19(25)28-2/h4-6,8-10,23H,3,7H2,1-2H3,(H,21,22).